The quantitative estimate of drug-likeness (QED) is 0.556. The van der Waals surface area contributed by atoms with Crippen LogP contribution < -0.4 is 10.0 Å². The average Bonchev–Trinajstić information content (AvgIpc) is 2.67. The van der Waals surface area contributed by atoms with Gasteiger partial charge in [0.1, 0.15) is 0 Å². The van der Waals surface area contributed by atoms with E-state index in [1.807, 2.05) is 42.5 Å². The SMILES string of the molecule is CS(=O)(=O)Nc1ccccc1C(=O)Nc1ccc(SCc2ccccc2)cc1. The second-order valence-electron chi connectivity index (χ2n) is 6.17. The second kappa shape index (κ2) is 8.95. The summed E-state index contributed by atoms with van der Waals surface area (Å²) in [6, 6.07) is 24.3. The maximum absolute atomic E-state index is 12.6. The Hall–Kier alpha value is -2.77. The summed E-state index contributed by atoms with van der Waals surface area (Å²) in [5.74, 6) is 0.494. The number of anilines is 2. The highest BCUT2D eigenvalue weighted by Crippen LogP contribution is 2.25. The number of hydrogen-bond donors (Lipinski definition) is 2. The van der Waals surface area contributed by atoms with E-state index in [-0.39, 0.29) is 17.2 Å². The van der Waals surface area contributed by atoms with Crippen LogP contribution in [0.3, 0.4) is 0 Å². The van der Waals surface area contributed by atoms with Crippen LogP contribution in [-0.4, -0.2) is 20.6 Å². The Labute approximate surface area is 169 Å². The molecule has 0 bridgehead atoms. The lowest BCUT2D eigenvalue weighted by Crippen LogP contribution is -2.17. The third-order valence-corrected chi connectivity index (χ3v) is 5.50. The van der Waals surface area contributed by atoms with Gasteiger partial charge in [0.15, 0.2) is 0 Å². The summed E-state index contributed by atoms with van der Waals surface area (Å²) in [5, 5.41) is 2.80. The number of thioether (sulfide) groups is 1. The molecule has 0 saturated carbocycles. The Balaban J connectivity index is 1.65. The minimum absolute atomic E-state index is 0.248. The number of rotatable bonds is 7. The first kappa shape index (κ1) is 20.0. The Bertz CT molecular complexity index is 1050. The van der Waals surface area contributed by atoms with Crippen molar-refractivity contribution in [3.63, 3.8) is 0 Å². The van der Waals surface area contributed by atoms with Crippen LogP contribution >= 0.6 is 11.8 Å². The molecule has 3 rings (SSSR count). The van der Waals surface area contributed by atoms with Gasteiger partial charge in [0.25, 0.3) is 5.91 Å². The number of nitrogens with one attached hydrogen (secondary N) is 2. The first-order chi connectivity index (χ1) is 13.4. The van der Waals surface area contributed by atoms with Crippen molar-refractivity contribution in [1.29, 1.82) is 0 Å². The lowest BCUT2D eigenvalue weighted by atomic mass is 10.1. The molecule has 0 spiro atoms. The third-order valence-electron chi connectivity index (χ3n) is 3.83. The molecule has 2 N–H and O–H groups in total. The van der Waals surface area contributed by atoms with Crippen LogP contribution in [0, 0.1) is 0 Å². The smallest absolute Gasteiger partial charge is 0.257 e. The molecule has 0 saturated heterocycles. The van der Waals surface area contributed by atoms with Crippen molar-refractivity contribution in [1.82, 2.24) is 0 Å². The number of amides is 1. The summed E-state index contributed by atoms with van der Waals surface area (Å²) in [7, 11) is -3.47. The lowest BCUT2D eigenvalue weighted by molar-refractivity contribution is 0.102. The number of para-hydroxylation sites is 1. The van der Waals surface area contributed by atoms with Crippen molar-refractivity contribution in [2.24, 2.45) is 0 Å². The summed E-state index contributed by atoms with van der Waals surface area (Å²) in [4.78, 5) is 13.7. The molecule has 0 fully saturated rings. The van der Waals surface area contributed by atoms with Crippen molar-refractivity contribution in [3.05, 3.63) is 90.0 Å². The maximum Gasteiger partial charge on any atom is 0.257 e. The van der Waals surface area contributed by atoms with Gasteiger partial charge in [0.05, 0.1) is 17.5 Å². The molecule has 0 aliphatic heterocycles. The maximum atomic E-state index is 12.6. The molecule has 7 heteroatoms. The molecule has 0 atom stereocenters. The summed E-state index contributed by atoms with van der Waals surface area (Å²) in [6.07, 6.45) is 1.05. The molecule has 0 aromatic heterocycles. The normalized spacial score (nSPS) is 11.0. The van der Waals surface area contributed by atoms with Gasteiger partial charge in [0.2, 0.25) is 10.0 Å². The van der Waals surface area contributed by atoms with Crippen molar-refractivity contribution in [2.45, 2.75) is 10.6 Å². The van der Waals surface area contributed by atoms with Crippen molar-refractivity contribution in [2.75, 3.05) is 16.3 Å². The molecule has 5 nitrogen and oxygen atoms in total. The van der Waals surface area contributed by atoms with Gasteiger partial charge < -0.3 is 5.32 Å². The van der Waals surface area contributed by atoms with E-state index in [0.29, 0.717) is 5.69 Å². The zero-order valence-electron chi connectivity index (χ0n) is 15.3. The highest BCUT2D eigenvalue weighted by atomic mass is 32.2. The fourth-order valence-corrected chi connectivity index (χ4v) is 3.98. The predicted molar refractivity (Wildman–Crippen MR) is 115 cm³/mol. The van der Waals surface area contributed by atoms with Gasteiger partial charge >= 0.3 is 0 Å². The molecule has 3 aromatic rings. The number of hydrogen-bond acceptors (Lipinski definition) is 4. The van der Waals surface area contributed by atoms with Crippen molar-refractivity contribution < 1.29 is 13.2 Å². The Morgan fingerprint density at radius 2 is 1.54 bits per heavy atom. The highest BCUT2D eigenvalue weighted by Gasteiger charge is 2.13. The molecule has 0 aliphatic rings. The Morgan fingerprint density at radius 3 is 2.21 bits per heavy atom. The van der Waals surface area contributed by atoms with Gasteiger partial charge in [-0.05, 0) is 42.0 Å². The van der Waals surface area contributed by atoms with Crippen LogP contribution in [0.5, 0.6) is 0 Å². The van der Waals surface area contributed by atoms with Crippen LogP contribution in [0.15, 0.2) is 83.8 Å². The zero-order chi connectivity index (χ0) is 20.0. The standard InChI is InChI=1S/C21H20N2O3S2/c1-28(25,26)23-20-10-6-5-9-19(20)21(24)22-17-11-13-18(14-12-17)27-15-16-7-3-2-4-8-16/h2-14,23H,15H2,1H3,(H,22,24). The molecule has 1 amide bonds. The first-order valence-corrected chi connectivity index (χ1v) is 11.4. The minimum atomic E-state index is -3.47. The first-order valence-electron chi connectivity index (χ1n) is 8.56. The average molecular weight is 413 g/mol. The number of carbonyl (C=O) groups excluding carboxylic acids is 1. The summed E-state index contributed by atoms with van der Waals surface area (Å²) in [6.45, 7) is 0. The van der Waals surface area contributed by atoms with E-state index in [1.54, 1.807) is 36.0 Å². The largest absolute Gasteiger partial charge is 0.322 e. The second-order valence-corrected chi connectivity index (χ2v) is 8.97. The zero-order valence-corrected chi connectivity index (χ0v) is 16.9. The Morgan fingerprint density at radius 1 is 0.893 bits per heavy atom. The summed E-state index contributed by atoms with van der Waals surface area (Å²) in [5.41, 5.74) is 2.40. The van der Waals surface area contributed by atoms with E-state index in [4.69, 9.17) is 0 Å². The fraction of sp³-hybridized carbons (Fsp3) is 0.0952. The van der Waals surface area contributed by atoms with Crippen molar-refractivity contribution >= 4 is 39.1 Å². The molecule has 0 heterocycles. The molecular formula is C21H20N2O3S2. The molecule has 3 aromatic carbocycles. The highest BCUT2D eigenvalue weighted by molar-refractivity contribution is 7.98. The minimum Gasteiger partial charge on any atom is -0.322 e. The van der Waals surface area contributed by atoms with E-state index in [9.17, 15) is 13.2 Å². The molecule has 144 valence electrons. The van der Waals surface area contributed by atoms with E-state index < -0.39 is 10.0 Å². The van der Waals surface area contributed by atoms with Gasteiger partial charge in [0, 0.05) is 16.3 Å². The van der Waals surface area contributed by atoms with E-state index in [0.717, 1.165) is 16.9 Å². The van der Waals surface area contributed by atoms with Gasteiger partial charge in [-0.2, -0.15) is 0 Å². The molecule has 0 unspecified atom stereocenters. The van der Waals surface area contributed by atoms with Crippen molar-refractivity contribution in [3.8, 4) is 0 Å². The molecule has 28 heavy (non-hydrogen) atoms. The lowest BCUT2D eigenvalue weighted by Gasteiger charge is -2.11. The number of benzene rings is 3. The summed E-state index contributed by atoms with van der Waals surface area (Å²) >= 11 is 1.72. The third kappa shape index (κ3) is 5.87. The number of carbonyl (C=O) groups is 1. The summed E-state index contributed by atoms with van der Waals surface area (Å²) < 4.78 is 25.3. The fourth-order valence-electron chi connectivity index (χ4n) is 2.54. The van der Waals surface area contributed by atoms with E-state index >= 15 is 0 Å². The number of sulfonamides is 1. The van der Waals surface area contributed by atoms with Crippen LogP contribution in [0.25, 0.3) is 0 Å². The van der Waals surface area contributed by atoms with E-state index in [2.05, 4.69) is 22.2 Å². The van der Waals surface area contributed by atoms with Crippen LogP contribution in [0.4, 0.5) is 11.4 Å². The molecular weight excluding hydrogens is 392 g/mol. The monoisotopic (exact) mass is 412 g/mol. The van der Waals surface area contributed by atoms with Gasteiger partial charge in [-0.15, -0.1) is 11.8 Å². The van der Waals surface area contributed by atoms with Crippen LogP contribution in [-0.2, 0) is 15.8 Å². The van der Waals surface area contributed by atoms with Crippen LogP contribution in [0.2, 0.25) is 0 Å². The molecule has 0 radical (unpaired) electrons. The Kier molecular flexibility index (Phi) is 6.38. The van der Waals surface area contributed by atoms with Gasteiger partial charge in [-0.3, -0.25) is 9.52 Å². The topological polar surface area (TPSA) is 75.3 Å². The van der Waals surface area contributed by atoms with Gasteiger partial charge in [-0.1, -0.05) is 42.5 Å². The molecule has 0 aliphatic carbocycles. The van der Waals surface area contributed by atoms with E-state index in [1.165, 1.54) is 5.56 Å². The van der Waals surface area contributed by atoms with Crippen LogP contribution in [0.1, 0.15) is 15.9 Å². The van der Waals surface area contributed by atoms with Gasteiger partial charge in [-0.25, -0.2) is 8.42 Å². The predicted octanol–water partition coefficient (Wildman–Crippen LogP) is 4.60.